The van der Waals surface area contributed by atoms with E-state index in [-0.39, 0.29) is 11.4 Å². The lowest BCUT2D eigenvalue weighted by Gasteiger charge is -2.08. The van der Waals surface area contributed by atoms with Gasteiger partial charge in [0.25, 0.3) is 10.0 Å². The number of benzene rings is 1. The number of sulfonamides is 1. The zero-order valence-corrected chi connectivity index (χ0v) is 11.6. The van der Waals surface area contributed by atoms with Crippen molar-refractivity contribution in [3.63, 3.8) is 0 Å². The Hall–Kier alpha value is -1.08. The van der Waals surface area contributed by atoms with Crippen LogP contribution in [0.3, 0.4) is 0 Å². The molecule has 1 aromatic heterocycles. The van der Waals surface area contributed by atoms with Crippen LogP contribution in [-0.4, -0.2) is 8.42 Å². The molecule has 0 spiro atoms. The molecule has 18 heavy (non-hydrogen) atoms. The maximum atomic E-state index is 12.2. The van der Waals surface area contributed by atoms with Crippen LogP contribution in [0, 0.1) is 0 Å². The first-order chi connectivity index (χ1) is 8.53. The number of anilines is 1. The molecule has 3 N–H and O–H groups in total. The maximum Gasteiger partial charge on any atom is 0.263 e. The Bertz CT molecular complexity index is 653. The fourth-order valence-electron chi connectivity index (χ4n) is 1.48. The molecule has 96 valence electrons. The van der Waals surface area contributed by atoms with Gasteiger partial charge in [0.2, 0.25) is 0 Å². The van der Waals surface area contributed by atoms with Gasteiger partial charge in [0.05, 0.1) is 5.69 Å². The van der Waals surface area contributed by atoms with Crippen molar-refractivity contribution in [2.24, 2.45) is 5.73 Å². The van der Waals surface area contributed by atoms with E-state index in [1.165, 1.54) is 11.3 Å². The van der Waals surface area contributed by atoms with Crippen molar-refractivity contribution >= 4 is 38.6 Å². The molecule has 0 unspecified atom stereocenters. The lowest BCUT2D eigenvalue weighted by Crippen LogP contribution is -2.14. The van der Waals surface area contributed by atoms with Gasteiger partial charge in [-0.2, -0.15) is 0 Å². The average Bonchev–Trinajstić information content (AvgIpc) is 2.77. The fourth-order valence-corrected chi connectivity index (χ4v) is 4.06. The first-order valence-corrected chi connectivity index (χ1v) is 7.82. The highest BCUT2D eigenvalue weighted by molar-refractivity contribution is 7.93. The predicted octanol–water partition coefficient (Wildman–Crippen LogP) is 2.66. The Morgan fingerprint density at radius 2 is 2.11 bits per heavy atom. The van der Waals surface area contributed by atoms with Gasteiger partial charge >= 0.3 is 0 Å². The van der Waals surface area contributed by atoms with Crippen LogP contribution in [0.4, 0.5) is 5.69 Å². The van der Waals surface area contributed by atoms with Crippen molar-refractivity contribution in [1.82, 2.24) is 0 Å². The fraction of sp³-hybridized carbons (Fsp3) is 0.0909. The van der Waals surface area contributed by atoms with Gasteiger partial charge < -0.3 is 5.73 Å². The van der Waals surface area contributed by atoms with Gasteiger partial charge in [-0.05, 0) is 29.6 Å². The number of rotatable bonds is 4. The normalized spacial score (nSPS) is 11.4. The van der Waals surface area contributed by atoms with Gasteiger partial charge in [-0.25, -0.2) is 8.42 Å². The summed E-state index contributed by atoms with van der Waals surface area (Å²) >= 11 is 7.12. The lowest BCUT2D eigenvalue weighted by atomic mass is 10.3. The molecule has 0 bridgehead atoms. The van der Waals surface area contributed by atoms with Gasteiger partial charge in [0, 0.05) is 16.4 Å². The van der Waals surface area contributed by atoms with Crippen LogP contribution >= 0.6 is 22.9 Å². The van der Waals surface area contributed by atoms with E-state index in [0.717, 1.165) is 0 Å². The zero-order chi connectivity index (χ0) is 13.2. The summed E-state index contributed by atoms with van der Waals surface area (Å²) in [5, 5.41) is 2.17. The smallest absolute Gasteiger partial charge is 0.263 e. The van der Waals surface area contributed by atoms with Gasteiger partial charge in [0.15, 0.2) is 0 Å². The van der Waals surface area contributed by atoms with Gasteiger partial charge in [-0.3, -0.25) is 4.72 Å². The van der Waals surface area contributed by atoms with Gasteiger partial charge in [-0.1, -0.05) is 17.7 Å². The maximum absolute atomic E-state index is 12.2. The molecule has 0 saturated carbocycles. The summed E-state index contributed by atoms with van der Waals surface area (Å²) in [5.41, 5.74) is 5.93. The first kappa shape index (κ1) is 13.4. The Kier molecular flexibility index (Phi) is 3.91. The molecule has 2 aromatic rings. The van der Waals surface area contributed by atoms with Crippen molar-refractivity contribution in [3.05, 3.63) is 45.6 Å². The highest BCUT2D eigenvalue weighted by Crippen LogP contribution is 2.24. The molecule has 0 saturated heterocycles. The molecule has 0 aliphatic rings. The molecule has 4 nitrogen and oxygen atoms in total. The number of halogens is 1. The number of hydrogen-bond donors (Lipinski definition) is 2. The molecule has 0 fully saturated rings. The highest BCUT2D eigenvalue weighted by Gasteiger charge is 2.19. The molecular weight excluding hydrogens is 292 g/mol. The van der Waals surface area contributed by atoms with E-state index in [9.17, 15) is 8.42 Å². The van der Waals surface area contributed by atoms with Crippen molar-refractivity contribution in [3.8, 4) is 0 Å². The summed E-state index contributed by atoms with van der Waals surface area (Å²) < 4.78 is 26.8. The predicted molar refractivity (Wildman–Crippen MR) is 74.5 cm³/mol. The average molecular weight is 303 g/mol. The van der Waals surface area contributed by atoms with Crippen molar-refractivity contribution in [1.29, 1.82) is 0 Å². The Labute approximate surface area is 114 Å². The van der Waals surface area contributed by atoms with E-state index in [1.807, 2.05) is 0 Å². The van der Waals surface area contributed by atoms with E-state index < -0.39 is 10.0 Å². The quantitative estimate of drug-likeness (QED) is 0.912. The molecule has 1 heterocycles. The van der Waals surface area contributed by atoms with Crippen LogP contribution in [0.25, 0.3) is 0 Å². The summed E-state index contributed by atoms with van der Waals surface area (Å²) in [4.78, 5) is 0.847. The molecular formula is C11H11ClN2O2S2. The number of nitrogens with one attached hydrogen (secondary N) is 1. The second-order valence-electron chi connectivity index (χ2n) is 3.53. The molecule has 2 rings (SSSR count). The largest absolute Gasteiger partial charge is 0.326 e. The first-order valence-electron chi connectivity index (χ1n) is 5.08. The van der Waals surface area contributed by atoms with E-state index in [2.05, 4.69) is 4.72 Å². The highest BCUT2D eigenvalue weighted by atomic mass is 35.5. The monoisotopic (exact) mass is 302 g/mol. The Balaban J connectivity index is 2.33. The van der Waals surface area contributed by atoms with Crippen LogP contribution in [0.2, 0.25) is 5.02 Å². The minimum absolute atomic E-state index is 0.198. The second-order valence-corrected chi connectivity index (χ2v) is 6.62. The van der Waals surface area contributed by atoms with E-state index >= 15 is 0 Å². The molecule has 0 aliphatic carbocycles. The molecule has 1 aromatic carbocycles. The van der Waals surface area contributed by atoms with Crippen LogP contribution in [0.5, 0.6) is 0 Å². The van der Waals surface area contributed by atoms with E-state index in [4.69, 9.17) is 17.3 Å². The SMILES string of the molecule is NCc1sccc1S(=O)(=O)Nc1cccc(Cl)c1. The summed E-state index contributed by atoms with van der Waals surface area (Å²) in [7, 11) is -3.61. The summed E-state index contributed by atoms with van der Waals surface area (Å²) in [6.45, 7) is 0.198. The third-order valence-corrected chi connectivity index (χ3v) is 5.03. The standard InChI is InChI=1S/C11H11ClN2O2S2/c12-8-2-1-3-9(6-8)14-18(15,16)11-4-5-17-10(11)7-13/h1-6,14H,7,13H2. The lowest BCUT2D eigenvalue weighted by molar-refractivity contribution is 0.600. The van der Waals surface area contributed by atoms with E-state index in [1.54, 1.807) is 35.7 Å². The van der Waals surface area contributed by atoms with Crippen LogP contribution in [0.15, 0.2) is 40.6 Å². The summed E-state index contributed by atoms with van der Waals surface area (Å²) in [5.74, 6) is 0. The number of nitrogens with two attached hydrogens (primary N) is 1. The third-order valence-electron chi connectivity index (χ3n) is 2.26. The molecule has 0 atom stereocenters. The van der Waals surface area contributed by atoms with Crippen LogP contribution < -0.4 is 10.5 Å². The van der Waals surface area contributed by atoms with Gasteiger partial charge in [0.1, 0.15) is 4.90 Å². The van der Waals surface area contributed by atoms with Gasteiger partial charge in [-0.15, -0.1) is 11.3 Å². The Morgan fingerprint density at radius 1 is 1.33 bits per heavy atom. The Morgan fingerprint density at radius 3 is 2.78 bits per heavy atom. The second kappa shape index (κ2) is 5.27. The van der Waals surface area contributed by atoms with E-state index in [0.29, 0.717) is 15.6 Å². The third kappa shape index (κ3) is 2.84. The number of thiophene rings is 1. The van der Waals surface area contributed by atoms with Crippen molar-refractivity contribution in [2.75, 3.05) is 4.72 Å². The molecule has 7 heteroatoms. The van der Waals surface area contributed by atoms with Crippen molar-refractivity contribution < 1.29 is 8.42 Å². The minimum Gasteiger partial charge on any atom is -0.326 e. The summed E-state index contributed by atoms with van der Waals surface area (Å²) in [6, 6.07) is 8.08. The minimum atomic E-state index is -3.61. The molecule has 0 amide bonds. The molecule has 0 radical (unpaired) electrons. The topological polar surface area (TPSA) is 72.2 Å². The zero-order valence-electron chi connectivity index (χ0n) is 9.26. The molecule has 0 aliphatic heterocycles. The van der Waals surface area contributed by atoms with Crippen LogP contribution in [-0.2, 0) is 16.6 Å². The van der Waals surface area contributed by atoms with Crippen molar-refractivity contribution in [2.45, 2.75) is 11.4 Å². The summed E-state index contributed by atoms with van der Waals surface area (Å²) in [6.07, 6.45) is 0. The van der Waals surface area contributed by atoms with Crippen LogP contribution in [0.1, 0.15) is 4.88 Å². The number of hydrogen-bond acceptors (Lipinski definition) is 4.